The lowest BCUT2D eigenvalue weighted by molar-refractivity contribution is 0.0940. The standard InChI is InChI=1S/C20H25N5O/c1-12(2)17-13-7-5-6-8-14(13)25-18(17)15-9-22-10-16(24-15)19(26)23-11-20(3,4)21/h5-10,12,25H,11,21H2,1-4H3,(H,23,26). The highest BCUT2D eigenvalue weighted by molar-refractivity contribution is 5.94. The average Bonchev–Trinajstić information content (AvgIpc) is 2.99. The van der Waals surface area contributed by atoms with Gasteiger partial charge in [-0.3, -0.25) is 9.78 Å². The fourth-order valence-corrected chi connectivity index (χ4v) is 2.96. The van der Waals surface area contributed by atoms with E-state index in [0.717, 1.165) is 11.2 Å². The fourth-order valence-electron chi connectivity index (χ4n) is 2.96. The van der Waals surface area contributed by atoms with E-state index in [2.05, 4.69) is 40.2 Å². The molecule has 0 bridgehead atoms. The quantitative estimate of drug-likeness (QED) is 0.657. The van der Waals surface area contributed by atoms with Crippen molar-refractivity contribution in [3.63, 3.8) is 0 Å². The Balaban J connectivity index is 2.00. The zero-order valence-electron chi connectivity index (χ0n) is 15.6. The van der Waals surface area contributed by atoms with Crippen LogP contribution in [0.15, 0.2) is 36.7 Å². The van der Waals surface area contributed by atoms with E-state index in [1.807, 2.05) is 32.0 Å². The number of rotatable bonds is 5. The van der Waals surface area contributed by atoms with Gasteiger partial charge in [-0.1, -0.05) is 32.0 Å². The summed E-state index contributed by atoms with van der Waals surface area (Å²) in [6, 6.07) is 8.16. The summed E-state index contributed by atoms with van der Waals surface area (Å²) in [4.78, 5) is 24.6. The number of aromatic nitrogens is 3. The molecule has 0 aliphatic rings. The first-order valence-electron chi connectivity index (χ1n) is 8.76. The molecule has 3 aromatic rings. The van der Waals surface area contributed by atoms with E-state index in [4.69, 9.17) is 5.73 Å². The van der Waals surface area contributed by atoms with Crippen molar-refractivity contribution in [1.82, 2.24) is 20.3 Å². The maximum absolute atomic E-state index is 12.4. The Bertz CT molecular complexity index is 937. The first-order chi connectivity index (χ1) is 12.3. The molecular formula is C20H25N5O. The summed E-state index contributed by atoms with van der Waals surface area (Å²) < 4.78 is 0. The molecule has 0 aliphatic carbocycles. The molecule has 136 valence electrons. The van der Waals surface area contributed by atoms with E-state index in [-0.39, 0.29) is 11.6 Å². The minimum atomic E-state index is -0.483. The van der Waals surface area contributed by atoms with Crippen molar-refractivity contribution in [3.05, 3.63) is 47.9 Å². The molecule has 1 amide bonds. The summed E-state index contributed by atoms with van der Waals surface area (Å²) in [7, 11) is 0. The largest absolute Gasteiger partial charge is 0.353 e. The van der Waals surface area contributed by atoms with Crippen LogP contribution in [0.3, 0.4) is 0 Å². The molecule has 0 radical (unpaired) electrons. The second kappa shape index (κ2) is 6.88. The van der Waals surface area contributed by atoms with E-state index in [9.17, 15) is 4.79 Å². The van der Waals surface area contributed by atoms with Crippen LogP contribution in [0, 0.1) is 0 Å². The maximum Gasteiger partial charge on any atom is 0.271 e. The van der Waals surface area contributed by atoms with Crippen LogP contribution >= 0.6 is 0 Å². The third-order valence-electron chi connectivity index (χ3n) is 4.15. The third kappa shape index (κ3) is 3.75. The van der Waals surface area contributed by atoms with Gasteiger partial charge in [0.2, 0.25) is 0 Å². The van der Waals surface area contributed by atoms with Gasteiger partial charge in [-0.15, -0.1) is 0 Å². The minimum Gasteiger partial charge on any atom is -0.353 e. The monoisotopic (exact) mass is 351 g/mol. The van der Waals surface area contributed by atoms with Crippen LogP contribution in [0.25, 0.3) is 22.3 Å². The Hall–Kier alpha value is -2.73. The zero-order valence-corrected chi connectivity index (χ0v) is 15.6. The number of nitrogens with zero attached hydrogens (tertiary/aromatic N) is 2. The zero-order chi connectivity index (χ0) is 18.9. The molecule has 26 heavy (non-hydrogen) atoms. The van der Waals surface area contributed by atoms with Crippen molar-refractivity contribution < 1.29 is 4.79 Å². The van der Waals surface area contributed by atoms with Crippen molar-refractivity contribution in [2.75, 3.05) is 6.54 Å². The van der Waals surface area contributed by atoms with Gasteiger partial charge in [-0.25, -0.2) is 4.98 Å². The number of nitrogens with one attached hydrogen (secondary N) is 2. The van der Waals surface area contributed by atoms with Crippen LogP contribution in [0.4, 0.5) is 0 Å². The molecule has 3 rings (SSSR count). The Kier molecular flexibility index (Phi) is 4.78. The molecule has 0 unspecified atom stereocenters. The normalized spacial score (nSPS) is 11.9. The Labute approximate surface area is 153 Å². The van der Waals surface area contributed by atoms with Crippen molar-refractivity contribution >= 4 is 16.8 Å². The van der Waals surface area contributed by atoms with E-state index >= 15 is 0 Å². The van der Waals surface area contributed by atoms with Crippen LogP contribution in [-0.2, 0) is 0 Å². The number of carbonyl (C=O) groups is 1. The van der Waals surface area contributed by atoms with Gasteiger partial charge in [-0.2, -0.15) is 0 Å². The number of hydrogen-bond donors (Lipinski definition) is 3. The Morgan fingerprint density at radius 1 is 1.27 bits per heavy atom. The molecule has 1 aromatic carbocycles. The van der Waals surface area contributed by atoms with Crippen molar-refractivity contribution in [1.29, 1.82) is 0 Å². The van der Waals surface area contributed by atoms with Gasteiger partial charge in [0.15, 0.2) is 0 Å². The lowest BCUT2D eigenvalue weighted by atomic mass is 9.98. The fraction of sp³-hybridized carbons (Fsp3) is 0.350. The lowest BCUT2D eigenvalue weighted by Crippen LogP contribution is -2.45. The van der Waals surface area contributed by atoms with Crippen LogP contribution in [0.1, 0.15) is 49.7 Å². The van der Waals surface area contributed by atoms with E-state index in [1.54, 1.807) is 6.20 Å². The van der Waals surface area contributed by atoms with E-state index < -0.39 is 5.54 Å². The predicted octanol–water partition coefficient (Wildman–Crippen LogP) is 3.22. The molecule has 0 saturated carbocycles. The smallest absolute Gasteiger partial charge is 0.271 e. The van der Waals surface area contributed by atoms with Crippen LogP contribution < -0.4 is 11.1 Å². The summed E-state index contributed by atoms with van der Waals surface area (Å²) in [5, 5.41) is 3.97. The number of H-pyrrole nitrogens is 1. The van der Waals surface area contributed by atoms with E-state index in [1.165, 1.54) is 17.1 Å². The molecular weight excluding hydrogens is 326 g/mol. The van der Waals surface area contributed by atoms with Crippen LogP contribution in [-0.4, -0.2) is 32.9 Å². The topological polar surface area (TPSA) is 96.7 Å². The number of fused-ring (bicyclic) bond motifs is 1. The lowest BCUT2D eigenvalue weighted by Gasteiger charge is -2.18. The van der Waals surface area contributed by atoms with Gasteiger partial charge in [-0.05, 0) is 31.4 Å². The highest BCUT2D eigenvalue weighted by Gasteiger charge is 2.19. The maximum atomic E-state index is 12.4. The predicted molar refractivity (Wildman–Crippen MR) is 104 cm³/mol. The van der Waals surface area contributed by atoms with Gasteiger partial charge in [0, 0.05) is 23.0 Å². The van der Waals surface area contributed by atoms with Crippen LogP contribution in [0.2, 0.25) is 0 Å². The second-order valence-electron chi connectivity index (χ2n) is 7.57. The molecule has 6 heteroatoms. The van der Waals surface area contributed by atoms with E-state index in [0.29, 0.717) is 18.2 Å². The van der Waals surface area contributed by atoms with Crippen LogP contribution in [0.5, 0.6) is 0 Å². The molecule has 0 spiro atoms. The molecule has 6 nitrogen and oxygen atoms in total. The van der Waals surface area contributed by atoms with Gasteiger partial charge < -0.3 is 16.0 Å². The number of para-hydroxylation sites is 1. The minimum absolute atomic E-state index is 0.278. The second-order valence-corrected chi connectivity index (χ2v) is 7.57. The first kappa shape index (κ1) is 18.1. The number of carbonyl (C=O) groups excluding carboxylic acids is 1. The van der Waals surface area contributed by atoms with Gasteiger partial charge in [0.1, 0.15) is 11.4 Å². The average molecular weight is 351 g/mol. The highest BCUT2D eigenvalue weighted by Crippen LogP contribution is 2.34. The summed E-state index contributed by atoms with van der Waals surface area (Å²) >= 11 is 0. The summed E-state index contributed by atoms with van der Waals surface area (Å²) in [5.41, 5.74) is 9.51. The van der Waals surface area contributed by atoms with Gasteiger partial charge in [0.05, 0.1) is 18.1 Å². The molecule has 0 saturated heterocycles. The third-order valence-corrected chi connectivity index (χ3v) is 4.15. The van der Waals surface area contributed by atoms with Crippen molar-refractivity contribution in [3.8, 4) is 11.4 Å². The van der Waals surface area contributed by atoms with Crippen molar-refractivity contribution in [2.45, 2.75) is 39.2 Å². The molecule has 2 heterocycles. The Morgan fingerprint density at radius 3 is 2.69 bits per heavy atom. The highest BCUT2D eigenvalue weighted by atomic mass is 16.1. The SMILES string of the molecule is CC(C)c1c(-c2cncc(C(=O)NCC(C)(C)N)n2)[nH]c2ccccc12. The summed E-state index contributed by atoms with van der Waals surface area (Å²) in [6.45, 7) is 8.36. The molecule has 4 N–H and O–H groups in total. The number of benzene rings is 1. The molecule has 0 fully saturated rings. The summed E-state index contributed by atoms with van der Waals surface area (Å²) in [6.07, 6.45) is 3.15. The number of nitrogens with two attached hydrogens (primary N) is 1. The van der Waals surface area contributed by atoms with Gasteiger partial charge >= 0.3 is 0 Å². The molecule has 2 aromatic heterocycles. The molecule has 0 aliphatic heterocycles. The van der Waals surface area contributed by atoms with Crippen molar-refractivity contribution in [2.24, 2.45) is 5.73 Å². The number of hydrogen-bond acceptors (Lipinski definition) is 4. The summed E-state index contributed by atoms with van der Waals surface area (Å²) in [5.74, 6) is 0.0264. The number of aromatic amines is 1. The molecule has 0 atom stereocenters. The van der Waals surface area contributed by atoms with Gasteiger partial charge in [0.25, 0.3) is 5.91 Å². The Morgan fingerprint density at radius 2 is 2.00 bits per heavy atom. The first-order valence-corrected chi connectivity index (χ1v) is 8.76. The number of amides is 1.